The van der Waals surface area contributed by atoms with Gasteiger partial charge in [0.1, 0.15) is 0 Å². The fraction of sp³-hybridized carbons (Fsp3) is 0.250. The zero-order valence-corrected chi connectivity index (χ0v) is 18.5. The van der Waals surface area contributed by atoms with Gasteiger partial charge in [-0.2, -0.15) is 0 Å². The number of hydrogen-bond acceptors (Lipinski definition) is 3. The molecule has 0 saturated carbocycles. The highest BCUT2D eigenvalue weighted by Crippen LogP contribution is 2.38. The van der Waals surface area contributed by atoms with Crippen LogP contribution in [0.5, 0.6) is 0 Å². The number of likely N-dealkylation sites (tertiary alicyclic amines) is 1. The molecule has 4 nitrogen and oxygen atoms in total. The van der Waals surface area contributed by atoms with Crippen LogP contribution in [0.4, 0.5) is 11.4 Å². The van der Waals surface area contributed by atoms with Gasteiger partial charge < -0.3 is 10.6 Å². The predicted molar refractivity (Wildman–Crippen MR) is 132 cm³/mol. The van der Waals surface area contributed by atoms with E-state index in [1.165, 1.54) is 37.9 Å². The third-order valence-corrected chi connectivity index (χ3v) is 6.31. The molecule has 0 aliphatic carbocycles. The van der Waals surface area contributed by atoms with Crippen molar-refractivity contribution in [2.75, 3.05) is 23.7 Å². The smallest absolute Gasteiger partial charge is 0.258 e. The van der Waals surface area contributed by atoms with Crippen molar-refractivity contribution >= 4 is 28.6 Å². The van der Waals surface area contributed by atoms with Crippen molar-refractivity contribution < 1.29 is 4.79 Å². The summed E-state index contributed by atoms with van der Waals surface area (Å²) >= 11 is 0. The number of anilines is 2. The molecule has 0 radical (unpaired) electrons. The van der Waals surface area contributed by atoms with E-state index in [9.17, 15) is 4.79 Å². The second-order valence-electron chi connectivity index (χ2n) is 8.78. The molecule has 2 aliphatic heterocycles. The van der Waals surface area contributed by atoms with Crippen molar-refractivity contribution in [2.45, 2.75) is 32.7 Å². The number of aryl methyl sites for hydroxylation is 1. The second-order valence-corrected chi connectivity index (χ2v) is 8.78. The molecular formula is C28H29N3O. The van der Waals surface area contributed by atoms with Crippen LogP contribution in [-0.2, 0) is 11.3 Å². The molecule has 4 heteroatoms. The highest BCUT2D eigenvalue weighted by Gasteiger charge is 2.28. The summed E-state index contributed by atoms with van der Waals surface area (Å²) in [7, 11) is 0. The number of carbonyl (C=O) groups is 1. The van der Waals surface area contributed by atoms with Gasteiger partial charge in [-0.05, 0) is 67.7 Å². The van der Waals surface area contributed by atoms with Crippen molar-refractivity contribution in [3.63, 3.8) is 0 Å². The molecule has 2 heterocycles. The Bertz CT molecular complexity index is 1140. The molecule has 0 aromatic heterocycles. The second kappa shape index (κ2) is 9.01. The summed E-state index contributed by atoms with van der Waals surface area (Å²) in [5.74, 6) is -0.0707. The van der Waals surface area contributed by atoms with Gasteiger partial charge in [0.25, 0.3) is 5.91 Å². The number of fused-ring (bicyclic) bond motifs is 1. The van der Waals surface area contributed by atoms with Crippen LogP contribution in [0.25, 0.3) is 11.3 Å². The van der Waals surface area contributed by atoms with E-state index in [0.29, 0.717) is 5.57 Å². The van der Waals surface area contributed by atoms with Crippen molar-refractivity contribution in [1.29, 1.82) is 0 Å². The van der Waals surface area contributed by atoms with Crippen LogP contribution in [0.2, 0.25) is 0 Å². The third-order valence-electron chi connectivity index (χ3n) is 6.31. The van der Waals surface area contributed by atoms with Crippen molar-refractivity contribution in [1.82, 2.24) is 4.90 Å². The topological polar surface area (TPSA) is 44.4 Å². The molecule has 1 saturated heterocycles. The van der Waals surface area contributed by atoms with Gasteiger partial charge in [-0.15, -0.1) is 0 Å². The average Bonchev–Trinajstić information content (AvgIpc) is 3.14. The molecule has 0 atom stereocenters. The van der Waals surface area contributed by atoms with E-state index in [1.54, 1.807) is 0 Å². The minimum atomic E-state index is -0.0707. The van der Waals surface area contributed by atoms with Gasteiger partial charge in [-0.1, -0.05) is 61.0 Å². The molecule has 3 aromatic rings. The summed E-state index contributed by atoms with van der Waals surface area (Å²) in [5.41, 5.74) is 7.74. The summed E-state index contributed by atoms with van der Waals surface area (Å²) in [6.07, 6.45) is 3.96. The maximum atomic E-state index is 13.0. The molecular weight excluding hydrogens is 394 g/mol. The quantitative estimate of drug-likeness (QED) is 0.501. The minimum absolute atomic E-state index is 0.0707. The largest absolute Gasteiger partial charge is 0.354 e. The van der Waals surface area contributed by atoms with Crippen molar-refractivity contribution in [3.8, 4) is 0 Å². The lowest BCUT2D eigenvalue weighted by atomic mass is 9.99. The molecule has 162 valence electrons. The van der Waals surface area contributed by atoms with Crippen molar-refractivity contribution in [2.24, 2.45) is 0 Å². The fourth-order valence-corrected chi connectivity index (χ4v) is 4.63. The highest BCUT2D eigenvalue weighted by atomic mass is 16.2. The molecule has 2 N–H and O–H groups in total. The summed E-state index contributed by atoms with van der Waals surface area (Å²) in [6.45, 7) is 5.43. The van der Waals surface area contributed by atoms with Gasteiger partial charge in [-0.25, -0.2) is 0 Å². The zero-order chi connectivity index (χ0) is 21.9. The molecule has 0 spiro atoms. The molecule has 0 unspecified atom stereocenters. The Morgan fingerprint density at radius 2 is 1.69 bits per heavy atom. The van der Waals surface area contributed by atoms with E-state index in [-0.39, 0.29) is 5.91 Å². The fourth-order valence-electron chi connectivity index (χ4n) is 4.63. The van der Waals surface area contributed by atoms with E-state index in [1.807, 2.05) is 49.4 Å². The normalized spacial score (nSPS) is 17.6. The van der Waals surface area contributed by atoms with E-state index in [4.69, 9.17) is 0 Å². The summed E-state index contributed by atoms with van der Waals surface area (Å²) in [4.78, 5) is 15.5. The van der Waals surface area contributed by atoms with Crippen molar-refractivity contribution in [3.05, 3.63) is 95.1 Å². The standard InChI is InChI=1S/C28H29N3O/c1-20-10-15-24-25(18-20)30-28(32)26(24)27(22-8-4-2-5-9-22)29-23-13-11-21(12-14-23)19-31-16-6-3-7-17-31/h2,4-5,8-15,18,29H,3,6-7,16-17,19H2,1H3,(H,30,32)/b27-26-. The van der Waals surface area contributed by atoms with E-state index >= 15 is 0 Å². The van der Waals surface area contributed by atoms with Gasteiger partial charge >= 0.3 is 0 Å². The first kappa shape index (κ1) is 20.5. The maximum absolute atomic E-state index is 13.0. The first-order chi connectivity index (χ1) is 15.7. The lowest BCUT2D eigenvalue weighted by Gasteiger charge is -2.26. The number of hydrogen-bond donors (Lipinski definition) is 2. The zero-order valence-electron chi connectivity index (χ0n) is 18.5. The van der Waals surface area contributed by atoms with Gasteiger partial charge in [0.05, 0.1) is 11.3 Å². The number of nitrogens with one attached hydrogen (secondary N) is 2. The molecule has 3 aromatic carbocycles. The Labute approximate surface area is 190 Å². The Kier molecular flexibility index (Phi) is 5.78. The number of amides is 1. The maximum Gasteiger partial charge on any atom is 0.258 e. The summed E-state index contributed by atoms with van der Waals surface area (Å²) in [5, 5.41) is 6.60. The number of carbonyl (C=O) groups excluding carboxylic acids is 1. The Balaban J connectivity index is 1.47. The Hall–Kier alpha value is -3.37. The van der Waals surface area contributed by atoms with E-state index < -0.39 is 0 Å². The first-order valence-corrected chi connectivity index (χ1v) is 11.5. The Morgan fingerprint density at radius 3 is 2.44 bits per heavy atom. The Morgan fingerprint density at radius 1 is 0.938 bits per heavy atom. The monoisotopic (exact) mass is 423 g/mol. The van der Waals surface area contributed by atoms with Crippen LogP contribution in [0.15, 0.2) is 72.8 Å². The summed E-state index contributed by atoms with van der Waals surface area (Å²) < 4.78 is 0. The molecule has 1 amide bonds. The highest BCUT2D eigenvalue weighted by molar-refractivity contribution is 6.37. The number of piperidine rings is 1. The van der Waals surface area contributed by atoms with Crippen LogP contribution < -0.4 is 10.6 Å². The van der Waals surface area contributed by atoms with Gasteiger partial charge in [0.2, 0.25) is 0 Å². The van der Waals surface area contributed by atoms with E-state index in [2.05, 4.69) is 45.9 Å². The molecule has 2 aliphatic rings. The average molecular weight is 424 g/mol. The first-order valence-electron chi connectivity index (χ1n) is 11.5. The summed E-state index contributed by atoms with van der Waals surface area (Å²) in [6, 6.07) is 24.8. The number of rotatable bonds is 5. The van der Waals surface area contributed by atoms with Gasteiger partial charge in [0.15, 0.2) is 0 Å². The predicted octanol–water partition coefficient (Wildman–Crippen LogP) is 5.91. The number of nitrogens with zero attached hydrogens (tertiary/aromatic N) is 1. The van der Waals surface area contributed by atoms with Crippen LogP contribution in [-0.4, -0.2) is 23.9 Å². The lowest BCUT2D eigenvalue weighted by Crippen LogP contribution is -2.29. The van der Waals surface area contributed by atoms with Gasteiger partial charge in [-0.3, -0.25) is 9.69 Å². The number of benzene rings is 3. The molecule has 1 fully saturated rings. The lowest BCUT2D eigenvalue weighted by molar-refractivity contribution is -0.110. The SMILES string of the molecule is Cc1ccc2c(c1)NC(=O)/C2=C(\Nc1ccc(CN2CCCCC2)cc1)c1ccccc1. The third kappa shape index (κ3) is 4.32. The minimum Gasteiger partial charge on any atom is -0.354 e. The van der Waals surface area contributed by atoms with E-state index in [0.717, 1.165) is 40.3 Å². The molecule has 5 rings (SSSR count). The van der Waals surface area contributed by atoms with Gasteiger partial charge in [0, 0.05) is 23.5 Å². The van der Waals surface area contributed by atoms with Crippen LogP contribution in [0, 0.1) is 6.92 Å². The van der Waals surface area contributed by atoms with Crippen LogP contribution in [0.3, 0.4) is 0 Å². The molecule has 32 heavy (non-hydrogen) atoms. The van der Waals surface area contributed by atoms with Crippen LogP contribution in [0.1, 0.15) is 41.5 Å². The van der Waals surface area contributed by atoms with Crippen LogP contribution >= 0.6 is 0 Å². The molecule has 0 bridgehead atoms.